The molecular weight excluding hydrogens is 426 g/mol. The first-order valence-corrected chi connectivity index (χ1v) is 12.4. The van der Waals surface area contributed by atoms with Crippen LogP contribution in [0.5, 0.6) is 5.75 Å². The summed E-state index contributed by atoms with van der Waals surface area (Å²) in [4.78, 5) is 17.0. The summed E-state index contributed by atoms with van der Waals surface area (Å²) in [7, 11) is -3.57. The molecule has 1 N–H and O–H groups in total. The van der Waals surface area contributed by atoms with Crippen molar-refractivity contribution in [2.75, 3.05) is 37.7 Å². The van der Waals surface area contributed by atoms with Gasteiger partial charge < -0.3 is 14.5 Å². The van der Waals surface area contributed by atoms with Crippen molar-refractivity contribution in [3.63, 3.8) is 0 Å². The Morgan fingerprint density at radius 2 is 1.72 bits per heavy atom. The molecule has 1 fully saturated rings. The first-order valence-electron chi connectivity index (χ1n) is 10.9. The van der Waals surface area contributed by atoms with Gasteiger partial charge in [-0.3, -0.25) is 4.79 Å². The molecule has 2 aromatic carbocycles. The van der Waals surface area contributed by atoms with E-state index in [1.54, 1.807) is 32.9 Å². The van der Waals surface area contributed by atoms with Crippen LogP contribution >= 0.6 is 0 Å². The largest absolute Gasteiger partial charge is 0.483 e. The highest BCUT2D eigenvalue weighted by Crippen LogP contribution is 2.24. The topological polar surface area (TPSA) is 78.9 Å². The molecule has 3 rings (SSSR count). The van der Waals surface area contributed by atoms with Gasteiger partial charge in [-0.25, -0.2) is 13.1 Å². The number of piperazine rings is 1. The van der Waals surface area contributed by atoms with E-state index in [-0.39, 0.29) is 23.5 Å². The summed E-state index contributed by atoms with van der Waals surface area (Å²) in [5.41, 5.74) is 4.44. The first kappa shape index (κ1) is 24.1. The Bertz CT molecular complexity index is 1070. The van der Waals surface area contributed by atoms with Crippen LogP contribution in [-0.2, 0) is 14.8 Å². The van der Waals surface area contributed by atoms with Crippen molar-refractivity contribution in [2.45, 2.75) is 45.6 Å². The molecule has 32 heavy (non-hydrogen) atoms. The van der Waals surface area contributed by atoms with Crippen LogP contribution in [0, 0.1) is 20.8 Å². The lowest BCUT2D eigenvalue weighted by atomic mass is 10.1. The zero-order valence-corrected chi connectivity index (χ0v) is 20.3. The quantitative estimate of drug-likeness (QED) is 0.689. The molecule has 0 aliphatic carbocycles. The molecule has 0 saturated carbocycles. The fourth-order valence-electron chi connectivity index (χ4n) is 3.84. The Morgan fingerprint density at radius 1 is 1.03 bits per heavy atom. The summed E-state index contributed by atoms with van der Waals surface area (Å²) < 4.78 is 33.0. The fraction of sp³-hybridized carbons (Fsp3) is 0.458. The molecule has 1 saturated heterocycles. The molecule has 1 aliphatic rings. The molecule has 174 valence electrons. The SMILES string of the molecule is Cc1cc(S(=O)(=O)NC(C)C)ccc1OCC(=O)N1CCN(c2cccc(C)c2C)CC1. The van der Waals surface area contributed by atoms with Crippen molar-refractivity contribution in [3.05, 3.63) is 53.1 Å². The number of ether oxygens (including phenoxy) is 1. The Balaban J connectivity index is 1.56. The smallest absolute Gasteiger partial charge is 0.260 e. The van der Waals surface area contributed by atoms with Gasteiger partial charge in [-0.05, 0) is 75.6 Å². The van der Waals surface area contributed by atoms with Crippen molar-refractivity contribution in [2.24, 2.45) is 0 Å². The van der Waals surface area contributed by atoms with Gasteiger partial charge in [0, 0.05) is 37.9 Å². The van der Waals surface area contributed by atoms with Gasteiger partial charge in [0.15, 0.2) is 6.61 Å². The number of rotatable bonds is 7. The Labute approximate surface area is 191 Å². The molecule has 0 atom stereocenters. The van der Waals surface area contributed by atoms with E-state index in [0.29, 0.717) is 24.4 Å². The second kappa shape index (κ2) is 9.92. The van der Waals surface area contributed by atoms with Gasteiger partial charge in [-0.2, -0.15) is 0 Å². The summed E-state index contributed by atoms with van der Waals surface area (Å²) in [5.74, 6) is 0.444. The third kappa shape index (κ3) is 5.61. The van der Waals surface area contributed by atoms with E-state index in [4.69, 9.17) is 4.74 Å². The number of sulfonamides is 1. The predicted octanol–water partition coefficient (Wildman–Crippen LogP) is 3.03. The van der Waals surface area contributed by atoms with Crippen LogP contribution in [-0.4, -0.2) is 58.1 Å². The van der Waals surface area contributed by atoms with Crippen LogP contribution in [0.4, 0.5) is 5.69 Å². The molecule has 1 amide bonds. The number of carbonyl (C=O) groups is 1. The van der Waals surface area contributed by atoms with E-state index >= 15 is 0 Å². The highest BCUT2D eigenvalue weighted by Gasteiger charge is 2.23. The van der Waals surface area contributed by atoms with Crippen molar-refractivity contribution in [1.82, 2.24) is 9.62 Å². The molecular formula is C24H33N3O4S. The standard InChI is InChI=1S/C24H33N3O4S/c1-17(2)25-32(29,30)21-9-10-23(19(4)15-21)31-16-24(28)27-13-11-26(12-14-27)22-8-6-7-18(3)20(22)5/h6-10,15,17,25H,11-14,16H2,1-5H3. The second-order valence-electron chi connectivity index (χ2n) is 8.58. The number of amides is 1. The van der Waals surface area contributed by atoms with Crippen molar-refractivity contribution in [3.8, 4) is 5.75 Å². The number of nitrogens with zero attached hydrogens (tertiary/aromatic N) is 2. The lowest BCUT2D eigenvalue weighted by Gasteiger charge is -2.37. The van der Waals surface area contributed by atoms with E-state index in [0.717, 1.165) is 13.1 Å². The Kier molecular flexibility index (Phi) is 7.46. The molecule has 0 aromatic heterocycles. The number of anilines is 1. The van der Waals surface area contributed by atoms with Crippen molar-refractivity contribution >= 4 is 21.6 Å². The number of aryl methyl sites for hydroxylation is 2. The van der Waals surface area contributed by atoms with E-state index in [1.165, 1.54) is 22.9 Å². The summed E-state index contributed by atoms with van der Waals surface area (Å²) in [6, 6.07) is 10.8. The van der Waals surface area contributed by atoms with Gasteiger partial charge >= 0.3 is 0 Å². The summed E-state index contributed by atoms with van der Waals surface area (Å²) in [6.45, 7) is 12.4. The molecule has 0 bridgehead atoms. The van der Waals surface area contributed by atoms with Gasteiger partial charge in [0.2, 0.25) is 10.0 Å². The minimum absolute atomic E-state index is 0.0665. The molecule has 0 spiro atoms. The predicted molar refractivity (Wildman–Crippen MR) is 127 cm³/mol. The number of nitrogens with one attached hydrogen (secondary N) is 1. The zero-order valence-electron chi connectivity index (χ0n) is 19.5. The number of benzene rings is 2. The van der Waals surface area contributed by atoms with E-state index in [2.05, 4.69) is 41.7 Å². The molecule has 1 aliphatic heterocycles. The number of hydrogen-bond acceptors (Lipinski definition) is 5. The monoisotopic (exact) mass is 459 g/mol. The maximum absolute atomic E-state index is 12.7. The molecule has 0 unspecified atom stereocenters. The normalized spacial score (nSPS) is 14.7. The molecule has 8 heteroatoms. The van der Waals surface area contributed by atoms with Crippen LogP contribution in [0.2, 0.25) is 0 Å². The Morgan fingerprint density at radius 3 is 2.34 bits per heavy atom. The van der Waals surface area contributed by atoms with Gasteiger partial charge in [-0.15, -0.1) is 0 Å². The minimum atomic E-state index is -3.57. The van der Waals surface area contributed by atoms with Crippen LogP contribution in [0.3, 0.4) is 0 Å². The highest BCUT2D eigenvalue weighted by atomic mass is 32.2. The molecule has 2 aromatic rings. The van der Waals surface area contributed by atoms with E-state index in [1.807, 2.05) is 4.90 Å². The second-order valence-corrected chi connectivity index (χ2v) is 10.3. The number of hydrogen-bond donors (Lipinski definition) is 1. The summed E-state index contributed by atoms with van der Waals surface area (Å²) >= 11 is 0. The third-order valence-corrected chi connectivity index (χ3v) is 7.40. The van der Waals surface area contributed by atoms with Crippen LogP contribution in [0.15, 0.2) is 41.3 Å². The van der Waals surface area contributed by atoms with Crippen molar-refractivity contribution < 1.29 is 17.9 Å². The van der Waals surface area contributed by atoms with E-state index < -0.39 is 10.0 Å². The maximum Gasteiger partial charge on any atom is 0.260 e. The lowest BCUT2D eigenvalue weighted by Crippen LogP contribution is -2.50. The molecule has 1 heterocycles. The van der Waals surface area contributed by atoms with Crippen LogP contribution in [0.25, 0.3) is 0 Å². The summed E-state index contributed by atoms with van der Waals surface area (Å²) in [5, 5.41) is 0. The van der Waals surface area contributed by atoms with Gasteiger partial charge in [0.1, 0.15) is 5.75 Å². The fourth-order valence-corrected chi connectivity index (χ4v) is 5.17. The maximum atomic E-state index is 12.7. The Hall–Kier alpha value is -2.58. The van der Waals surface area contributed by atoms with E-state index in [9.17, 15) is 13.2 Å². The first-order chi connectivity index (χ1) is 15.1. The molecule has 0 radical (unpaired) electrons. The average Bonchev–Trinajstić information content (AvgIpc) is 2.74. The van der Waals surface area contributed by atoms with Crippen LogP contribution in [0.1, 0.15) is 30.5 Å². The average molecular weight is 460 g/mol. The highest BCUT2D eigenvalue weighted by molar-refractivity contribution is 7.89. The van der Waals surface area contributed by atoms with Crippen molar-refractivity contribution in [1.29, 1.82) is 0 Å². The van der Waals surface area contributed by atoms with Gasteiger partial charge in [0.05, 0.1) is 4.90 Å². The lowest BCUT2D eigenvalue weighted by molar-refractivity contribution is -0.133. The van der Waals surface area contributed by atoms with Crippen LogP contribution < -0.4 is 14.4 Å². The summed E-state index contributed by atoms with van der Waals surface area (Å²) in [6.07, 6.45) is 0. The van der Waals surface area contributed by atoms with Gasteiger partial charge in [-0.1, -0.05) is 12.1 Å². The van der Waals surface area contributed by atoms with Gasteiger partial charge in [0.25, 0.3) is 5.91 Å². The number of carbonyl (C=O) groups excluding carboxylic acids is 1. The zero-order chi connectivity index (χ0) is 23.5. The third-order valence-electron chi connectivity index (χ3n) is 5.75. The minimum Gasteiger partial charge on any atom is -0.483 e. The molecule has 7 nitrogen and oxygen atoms in total.